The molecule has 0 spiro atoms. The molecule has 1 aliphatic heterocycles. The monoisotopic (exact) mass is 347 g/mol. The number of rotatable bonds is 4. The van der Waals surface area contributed by atoms with Gasteiger partial charge >= 0.3 is 0 Å². The van der Waals surface area contributed by atoms with E-state index in [2.05, 4.69) is 4.90 Å². The number of piperazine rings is 1. The predicted molar refractivity (Wildman–Crippen MR) is 88.2 cm³/mol. The molecule has 1 amide bonds. The maximum Gasteiger partial charge on any atom is 0.253 e. The number of benzene rings is 1. The Morgan fingerprint density at radius 2 is 1.86 bits per heavy atom. The van der Waals surface area contributed by atoms with Gasteiger partial charge in [-0.2, -0.15) is 0 Å². The Balaban J connectivity index is 0.00000242. The lowest BCUT2D eigenvalue weighted by Crippen LogP contribution is -2.49. The smallest absolute Gasteiger partial charge is 0.253 e. The zero-order chi connectivity index (χ0) is 15.5. The Labute approximate surface area is 137 Å². The average Bonchev–Trinajstić information content (AvgIpc) is 2.47. The summed E-state index contributed by atoms with van der Waals surface area (Å²) in [7, 11) is -3.30. The highest BCUT2D eigenvalue weighted by Gasteiger charge is 2.22. The first kappa shape index (κ1) is 18.9. The molecule has 1 aliphatic rings. The predicted octanol–water partition coefficient (Wildman–Crippen LogP) is 0.228. The van der Waals surface area contributed by atoms with Crippen LogP contribution in [0, 0.1) is 0 Å². The van der Waals surface area contributed by atoms with Crippen LogP contribution in [0.1, 0.15) is 10.4 Å². The molecule has 0 saturated carbocycles. The van der Waals surface area contributed by atoms with Gasteiger partial charge in [-0.05, 0) is 18.2 Å². The zero-order valence-corrected chi connectivity index (χ0v) is 14.2. The number of sulfone groups is 1. The molecular weight excluding hydrogens is 326 g/mol. The maximum atomic E-state index is 12.4. The molecule has 1 saturated heterocycles. The van der Waals surface area contributed by atoms with Crippen LogP contribution in [0.2, 0.25) is 0 Å². The summed E-state index contributed by atoms with van der Waals surface area (Å²) < 4.78 is 23.1. The third kappa shape index (κ3) is 4.67. The van der Waals surface area contributed by atoms with E-state index in [0.717, 1.165) is 25.9 Å². The van der Waals surface area contributed by atoms with Crippen LogP contribution in [0.4, 0.5) is 0 Å². The first-order valence-electron chi connectivity index (χ1n) is 6.93. The summed E-state index contributed by atoms with van der Waals surface area (Å²) in [6, 6.07) is 6.22. The highest BCUT2D eigenvalue weighted by molar-refractivity contribution is 7.90. The molecule has 1 heterocycles. The molecule has 0 aromatic heterocycles. The van der Waals surface area contributed by atoms with Crippen LogP contribution in [-0.2, 0) is 9.84 Å². The van der Waals surface area contributed by atoms with E-state index in [1.54, 1.807) is 17.0 Å². The molecule has 0 unspecified atom stereocenters. The fraction of sp³-hybridized carbons (Fsp3) is 0.500. The van der Waals surface area contributed by atoms with Crippen molar-refractivity contribution in [3.05, 3.63) is 29.8 Å². The van der Waals surface area contributed by atoms with E-state index in [1.807, 2.05) is 0 Å². The van der Waals surface area contributed by atoms with Gasteiger partial charge in [0.15, 0.2) is 9.84 Å². The SMILES string of the molecule is CS(=O)(=O)c1cccc(C(=O)N2CCN(CCN)CC2)c1.Cl. The first-order chi connectivity index (χ1) is 9.91. The third-order valence-corrected chi connectivity index (χ3v) is 4.72. The zero-order valence-electron chi connectivity index (χ0n) is 12.6. The molecule has 1 aromatic carbocycles. The number of carbonyl (C=O) groups is 1. The first-order valence-corrected chi connectivity index (χ1v) is 8.83. The van der Waals surface area contributed by atoms with E-state index < -0.39 is 9.84 Å². The third-order valence-electron chi connectivity index (χ3n) is 3.61. The van der Waals surface area contributed by atoms with Crippen LogP contribution < -0.4 is 5.73 Å². The van der Waals surface area contributed by atoms with Gasteiger partial charge in [0.05, 0.1) is 4.90 Å². The van der Waals surface area contributed by atoms with Crippen molar-refractivity contribution in [2.45, 2.75) is 4.90 Å². The van der Waals surface area contributed by atoms with E-state index >= 15 is 0 Å². The van der Waals surface area contributed by atoms with Crippen LogP contribution in [0.15, 0.2) is 29.2 Å². The van der Waals surface area contributed by atoms with Gasteiger partial charge < -0.3 is 10.6 Å². The number of hydrogen-bond donors (Lipinski definition) is 1. The van der Waals surface area contributed by atoms with Crippen molar-refractivity contribution in [2.75, 3.05) is 45.5 Å². The fourth-order valence-electron chi connectivity index (χ4n) is 2.40. The second kappa shape index (κ2) is 7.92. The summed E-state index contributed by atoms with van der Waals surface area (Å²) in [4.78, 5) is 16.6. The molecule has 8 heteroatoms. The minimum atomic E-state index is -3.30. The van der Waals surface area contributed by atoms with Crippen LogP contribution in [0.25, 0.3) is 0 Å². The molecule has 0 atom stereocenters. The molecule has 124 valence electrons. The maximum absolute atomic E-state index is 12.4. The van der Waals surface area contributed by atoms with Crippen molar-refractivity contribution in [3.8, 4) is 0 Å². The Bertz CT molecular complexity index is 614. The quantitative estimate of drug-likeness (QED) is 0.842. The van der Waals surface area contributed by atoms with E-state index in [9.17, 15) is 13.2 Å². The number of nitrogens with zero attached hydrogens (tertiary/aromatic N) is 2. The lowest BCUT2D eigenvalue weighted by molar-refractivity contribution is 0.0641. The summed E-state index contributed by atoms with van der Waals surface area (Å²) in [5, 5.41) is 0. The highest BCUT2D eigenvalue weighted by Crippen LogP contribution is 2.14. The number of halogens is 1. The summed E-state index contributed by atoms with van der Waals surface area (Å²) in [5.41, 5.74) is 5.94. The molecule has 0 aliphatic carbocycles. The largest absolute Gasteiger partial charge is 0.336 e. The molecule has 2 rings (SSSR count). The molecular formula is C14H22ClN3O3S. The van der Waals surface area contributed by atoms with Gasteiger partial charge in [-0.3, -0.25) is 9.69 Å². The van der Waals surface area contributed by atoms with Gasteiger partial charge in [0.1, 0.15) is 0 Å². The average molecular weight is 348 g/mol. The second-order valence-electron chi connectivity index (χ2n) is 5.22. The van der Waals surface area contributed by atoms with Crippen LogP contribution in [-0.4, -0.2) is 69.6 Å². The van der Waals surface area contributed by atoms with Gasteiger partial charge in [-0.15, -0.1) is 12.4 Å². The normalized spacial score (nSPS) is 16.2. The van der Waals surface area contributed by atoms with Crippen molar-refractivity contribution >= 4 is 28.2 Å². The number of nitrogens with two attached hydrogens (primary N) is 1. The van der Waals surface area contributed by atoms with Crippen molar-refractivity contribution in [1.82, 2.24) is 9.80 Å². The number of carbonyl (C=O) groups excluding carboxylic acids is 1. The lowest BCUT2D eigenvalue weighted by atomic mass is 10.2. The topological polar surface area (TPSA) is 83.7 Å². The lowest BCUT2D eigenvalue weighted by Gasteiger charge is -2.34. The van der Waals surface area contributed by atoms with Gasteiger partial charge in [0, 0.05) is 51.1 Å². The summed E-state index contributed by atoms with van der Waals surface area (Å²) in [6.45, 7) is 4.34. The minimum Gasteiger partial charge on any atom is -0.336 e. The van der Waals surface area contributed by atoms with Gasteiger partial charge in [-0.1, -0.05) is 6.07 Å². The van der Waals surface area contributed by atoms with E-state index in [4.69, 9.17) is 5.73 Å². The molecule has 22 heavy (non-hydrogen) atoms. The Morgan fingerprint density at radius 3 is 2.41 bits per heavy atom. The van der Waals surface area contributed by atoms with Crippen LogP contribution >= 0.6 is 12.4 Å². The van der Waals surface area contributed by atoms with Crippen molar-refractivity contribution in [1.29, 1.82) is 0 Å². The number of amides is 1. The Morgan fingerprint density at radius 1 is 1.23 bits per heavy atom. The second-order valence-corrected chi connectivity index (χ2v) is 7.24. The molecule has 1 aromatic rings. The summed E-state index contributed by atoms with van der Waals surface area (Å²) in [5.74, 6) is -0.118. The van der Waals surface area contributed by atoms with E-state index in [0.29, 0.717) is 25.2 Å². The van der Waals surface area contributed by atoms with Crippen molar-refractivity contribution in [2.24, 2.45) is 5.73 Å². The van der Waals surface area contributed by atoms with E-state index in [-0.39, 0.29) is 23.2 Å². The molecule has 1 fully saturated rings. The van der Waals surface area contributed by atoms with E-state index in [1.165, 1.54) is 12.1 Å². The molecule has 0 radical (unpaired) electrons. The van der Waals surface area contributed by atoms with Gasteiger partial charge in [0.25, 0.3) is 5.91 Å². The standard InChI is InChI=1S/C14H21N3O3S.ClH/c1-21(19,20)13-4-2-3-12(11-13)14(18)17-9-7-16(6-5-15)8-10-17;/h2-4,11H,5-10,15H2,1H3;1H. The van der Waals surface area contributed by atoms with Gasteiger partial charge in [0.2, 0.25) is 0 Å². The summed E-state index contributed by atoms with van der Waals surface area (Å²) >= 11 is 0. The molecule has 6 nitrogen and oxygen atoms in total. The molecule has 2 N–H and O–H groups in total. The van der Waals surface area contributed by atoms with Gasteiger partial charge in [-0.25, -0.2) is 8.42 Å². The fourth-order valence-corrected chi connectivity index (χ4v) is 3.07. The molecule has 0 bridgehead atoms. The van der Waals surface area contributed by atoms with Crippen molar-refractivity contribution < 1.29 is 13.2 Å². The van der Waals surface area contributed by atoms with Crippen molar-refractivity contribution in [3.63, 3.8) is 0 Å². The Kier molecular flexibility index (Phi) is 6.80. The highest BCUT2D eigenvalue weighted by atomic mass is 35.5. The Hall–Kier alpha value is -1.15. The van der Waals surface area contributed by atoms with Crippen LogP contribution in [0.5, 0.6) is 0 Å². The number of hydrogen-bond acceptors (Lipinski definition) is 5. The van der Waals surface area contributed by atoms with Crippen LogP contribution in [0.3, 0.4) is 0 Å². The minimum absolute atomic E-state index is 0. The summed E-state index contributed by atoms with van der Waals surface area (Å²) in [6.07, 6.45) is 1.14.